The van der Waals surface area contributed by atoms with E-state index in [1.807, 2.05) is 48.5 Å². The van der Waals surface area contributed by atoms with Crippen molar-refractivity contribution in [3.05, 3.63) is 76.5 Å². The Hall–Kier alpha value is -4.14. The van der Waals surface area contributed by atoms with Gasteiger partial charge in [-0.05, 0) is 48.9 Å². The molecule has 9 heteroatoms. The van der Waals surface area contributed by atoms with Gasteiger partial charge >= 0.3 is 5.69 Å². The normalized spacial score (nSPS) is 10.8. The van der Waals surface area contributed by atoms with Crippen LogP contribution in [0.5, 0.6) is 11.5 Å². The fraction of sp³-hybridized carbons (Fsp3) is 0.217. The van der Waals surface area contributed by atoms with Crippen molar-refractivity contribution < 1.29 is 14.3 Å². The summed E-state index contributed by atoms with van der Waals surface area (Å²) in [4.78, 5) is 29.7. The second-order valence-corrected chi connectivity index (χ2v) is 7.18. The first-order chi connectivity index (χ1) is 15.5. The largest absolute Gasteiger partial charge is 0.497 e. The lowest BCUT2D eigenvalue weighted by Crippen LogP contribution is -2.32. The van der Waals surface area contributed by atoms with Crippen LogP contribution in [0.4, 0.5) is 0 Å². The smallest absolute Gasteiger partial charge is 0.352 e. The standard InChI is InChI=1S/C23H23N5O4/c1-15-25-20(17-6-10-19(32-3)11-7-17)12-21-26-27(23(30)28(15)21)14-22(29)24-13-16-4-8-18(31-2)9-5-16/h4-12H,13-14H2,1-3H3,(H,24,29). The lowest BCUT2D eigenvalue weighted by Gasteiger charge is -2.06. The van der Waals surface area contributed by atoms with Crippen molar-refractivity contribution in [1.29, 1.82) is 0 Å². The number of nitrogens with zero attached hydrogens (tertiary/aromatic N) is 4. The monoisotopic (exact) mass is 433 g/mol. The number of hydrogen-bond donors (Lipinski definition) is 1. The molecule has 1 amide bonds. The molecule has 0 saturated heterocycles. The summed E-state index contributed by atoms with van der Waals surface area (Å²) in [5.41, 5.74) is 2.49. The van der Waals surface area contributed by atoms with Gasteiger partial charge in [-0.15, -0.1) is 5.10 Å². The molecule has 4 rings (SSSR count). The Morgan fingerprint density at radius 2 is 1.62 bits per heavy atom. The van der Waals surface area contributed by atoms with Gasteiger partial charge in [-0.2, -0.15) is 0 Å². The number of amides is 1. The van der Waals surface area contributed by atoms with E-state index in [0.29, 0.717) is 23.7 Å². The Bertz CT molecular complexity index is 1310. The maximum Gasteiger partial charge on any atom is 0.352 e. The second kappa shape index (κ2) is 8.93. The Labute approximate surface area is 184 Å². The Morgan fingerprint density at radius 3 is 2.25 bits per heavy atom. The Morgan fingerprint density at radius 1 is 1.00 bits per heavy atom. The molecule has 1 N–H and O–H groups in total. The van der Waals surface area contributed by atoms with E-state index in [4.69, 9.17) is 9.47 Å². The molecule has 0 spiro atoms. The summed E-state index contributed by atoms with van der Waals surface area (Å²) in [5.74, 6) is 1.66. The summed E-state index contributed by atoms with van der Waals surface area (Å²) in [6, 6.07) is 16.6. The van der Waals surface area contributed by atoms with Crippen LogP contribution < -0.4 is 20.5 Å². The van der Waals surface area contributed by atoms with E-state index in [1.54, 1.807) is 27.2 Å². The number of hydrogen-bond acceptors (Lipinski definition) is 6. The molecule has 0 aliphatic rings. The Balaban J connectivity index is 1.52. The number of rotatable bonds is 7. The van der Waals surface area contributed by atoms with Crippen LogP contribution in [-0.4, -0.2) is 39.3 Å². The minimum absolute atomic E-state index is 0.187. The molecule has 0 unspecified atom stereocenters. The van der Waals surface area contributed by atoms with Gasteiger partial charge in [0.2, 0.25) is 5.91 Å². The number of carbonyl (C=O) groups excluding carboxylic acids is 1. The van der Waals surface area contributed by atoms with E-state index in [-0.39, 0.29) is 12.5 Å². The molecule has 2 aromatic heterocycles. The maximum atomic E-state index is 12.8. The fourth-order valence-electron chi connectivity index (χ4n) is 3.35. The first-order valence-corrected chi connectivity index (χ1v) is 10.00. The minimum Gasteiger partial charge on any atom is -0.497 e. The van der Waals surface area contributed by atoms with Crippen LogP contribution in [0.3, 0.4) is 0 Å². The van der Waals surface area contributed by atoms with Crippen LogP contribution >= 0.6 is 0 Å². The third-order valence-electron chi connectivity index (χ3n) is 5.06. The highest BCUT2D eigenvalue weighted by Crippen LogP contribution is 2.21. The van der Waals surface area contributed by atoms with E-state index in [9.17, 15) is 9.59 Å². The summed E-state index contributed by atoms with van der Waals surface area (Å²) in [6.07, 6.45) is 0. The van der Waals surface area contributed by atoms with Gasteiger partial charge in [0.1, 0.15) is 23.9 Å². The molecule has 164 valence electrons. The van der Waals surface area contributed by atoms with E-state index in [1.165, 1.54) is 4.40 Å². The molecular formula is C23H23N5O4. The number of ether oxygens (including phenoxy) is 2. The third kappa shape index (κ3) is 4.31. The molecule has 4 aromatic rings. The van der Waals surface area contributed by atoms with Crippen molar-refractivity contribution in [3.8, 4) is 22.8 Å². The molecular weight excluding hydrogens is 410 g/mol. The highest BCUT2D eigenvalue weighted by Gasteiger charge is 2.15. The zero-order valence-corrected chi connectivity index (χ0v) is 18.0. The zero-order chi connectivity index (χ0) is 22.7. The lowest BCUT2D eigenvalue weighted by molar-refractivity contribution is -0.122. The van der Waals surface area contributed by atoms with Gasteiger partial charge < -0.3 is 14.8 Å². The van der Waals surface area contributed by atoms with Crippen molar-refractivity contribution in [2.75, 3.05) is 14.2 Å². The van der Waals surface area contributed by atoms with E-state index >= 15 is 0 Å². The van der Waals surface area contributed by atoms with Crippen LogP contribution in [0.1, 0.15) is 11.4 Å². The van der Waals surface area contributed by atoms with Crippen LogP contribution in [-0.2, 0) is 17.9 Å². The van der Waals surface area contributed by atoms with Gasteiger partial charge in [-0.1, -0.05) is 12.1 Å². The highest BCUT2D eigenvalue weighted by molar-refractivity contribution is 5.75. The van der Waals surface area contributed by atoms with Crippen LogP contribution in [0, 0.1) is 6.92 Å². The lowest BCUT2D eigenvalue weighted by atomic mass is 10.1. The van der Waals surface area contributed by atoms with Gasteiger partial charge in [-0.25, -0.2) is 18.9 Å². The third-order valence-corrected chi connectivity index (χ3v) is 5.06. The number of benzene rings is 2. The van der Waals surface area contributed by atoms with E-state index in [2.05, 4.69) is 15.4 Å². The van der Waals surface area contributed by atoms with Crippen molar-refractivity contribution >= 4 is 11.6 Å². The average Bonchev–Trinajstić information content (AvgIpc) is 3.13. The van der Waals surface area contributed by atoms with Crippen LogP contribution in [0.25, 0.3) is 16.9 Å². The number of aromatic nitrogens is 4. The van der Waals surface area contributed by atoms with E-state index < -0.39 is 5.69 Å². The first kappa shape index (κ1) is 21.1. The van der Waals surface area contributed by atoms with Crippen molar-refractivity contribution in [1.82, 2.24) is 24.5 Å². The molecule has 0 bridgehead atoms. The molecule has 2 heterocycles. The fourth-order valence-corrected chi connectivity index (χ4v) is 3.35. The summed E-state index contributed by atoms with van der Waals surface area (Å²) in [6.45, 7) is 1.89. The molecule has 32 heavy (non-hydrogen) atoms. The molecule has 0 radical (unpaired) electrons. The van der Waals surface area contributed by atoms with Gasteiger partial charge in [0.25, 0.3) is 0 Å². The molecule has 0 aliphatic heterocycles. The summed E-state index contributed by atoms with van der Waals surface area (Å²) < 4.78 is 12.9. The topological polar surface area (TPSA) is 99.8 Å². The molecule has 0 aliphatic carbocycles. The van der Waals surface area contributed by atoms with E-state index in [0.717, 1.165) is 27.3 Å². The average molecular weight is 433 g/mol. The predicted octanol–water partition coefficient (Wildman–Crippen LogP) is 2.20. The van der Waals surface area contributed by atoms with Crippen molar-refractivity contribution in [3.63, 3.8) is 0 Å². The van der Waals surface area contributed by atoms with Crippen LogP contribution in [0.15, 0.2) is 59.4 Å². The minimum atomic E-state index is -0.411. The number of carbonyl (C=O) groups is 1. The predicted molar refractivity (Wildman–Crippen MR) is 119 cm³/mol. The molecule has 0 saturated carbocycles. The first-order valence-electron chi connectivity index (χ1n) is 10.00. The van der Waals surface area contributed by atoms with Gasteiger partial charge in [0.05, 0.1) is 19.9 Å². The molecule has 0 fully saturated rings. The summed E-state index contributed by atoms with van der Waals surface area (Å²) in [5, 5.41) is 7.14. The second-order valence-electron chi connectivity index (χ2n) is 7.18. The van der Waals surface area contributed by atoms with Crippen molar-refractivity contribution in [2.45, 2.75) is 20.0 Å². The number of fused-ring (bicyclic) bond motifs is 1. The zero-order valence-electron chi connectivity index (χ0n) is 18.0. The molecule has 0 atom stereocenters. The SMILES string of the molecule is COc1ccc(CNC(=O)Cn2nc3cc(-c4ccc(OC)cc4)nc(C)n3c2=O)cc1. The number of nitrogens with one attached hydrogen (secondary N) is 1. The number of aryl methyl sites for hydroxylation is 1. The summed E-state index contributed by atoms with van der Waals surface area (Å²) in [7, 11) is 3.20. The van der Waals surface area contributed by atoms with Gasteiger partial charge in [-0.3, -0.25) is 4.79 Å². The van der Waals surface area contributed by atoms with Gasteiger partial charge in [0, 0.05) is 18.2 Å². The Kier molecular flexibility index (Phi) is 5.89. The van der Waals surface area contributed by atoms with Gasteiger partial charge in [0.15, 0.2) is 5.65 Å². The summed E-state index contributed by atoms with van der Waals surface area (Å²) >= 11 is 0. The quantitative estimate of drug-likeness (QED) is 0.480. The highest BCUT2D eigenvalue weighted by atomic mass is 16.5. The number of methoxy groups -OCH3 is 2. The maximum absolute atomic E-state index is 12.8. The molecule has 2 aromatic carbocycles. The molecule has 9 nitrogen and oxygen atoms in total. The van der Waals surface area contributed by atoms with Crippen LogP contribution in [0.2, 0.25) is 0 Å². The van der Waals surface area contributed by atoms with Crippen molar-refractivity contribution in [2.24, 2.45) is 0 Å².